The molecule has 0 saturated heterocycles. The van der Waals surface area contributed by atoms with Gasteiger partial charge in [0.1, 0.15) is 12.6 Å². The predicted molar refractivity (Wildman–Crippen MR) is 179 cm³/mol. The maximum absolute atomic E-state index is 14.4. The van der Waals surface area contributed by atoms with Crippen LogP contribution < -0.4 is 9.62 Å². The number of rotatable bonds is 12. The van der Waals surface area contributed by atoms with Crippen molar-refractivity contribution in [2.24, 2.45) is 0 Å². The second-order valence-electron chi connectivity index (χ2n) is 10.4. The SMILES string of the molecule is CC(C)NC(=O)C(Cc1ccccc1)N(Cc1ccc(Cl)c(Cl)c1)C(=O)CN(c1ccc(Br)cc1)S(=O)(=O)c1ccccc1. The molecule has 11 heteroatoms. The number of amides is 2. The summed E-state index contributed by atoms with van der Waals surface area (Å²) >= 11 is 15.9. The molecule has 1 N–H and O–H groups in total. The zero-order valence-corrected chi connectivity index (χ0v) is 28.1. The average Bonchev–Trinajstić information content (AvgIpc) is 3.00. The fraction of sp³-hybridized carbons (Fsp3) is 0.212. The van der Waals surface area contributed by atoms with Crippen molar-refractivity contribution >= 4 is 66.7 Å². The molecule has 0 aliphatic carbocycles. The van der Waals surface area contributed by atoms with Crippen LogP contribution in [0.5, 0.6) is 0 Å². The maximum atomic E-state index is 14.4. The van der Waals surface area contributed by atoms with Gasteiger partial charge >= 0.3 is 0 Å². The third-order valence-electron chi connectivity index (χ3n) is 6.76. The van der Waals surface area contributed by atoms with Gasteiger partial charge in [-0.15, -0.1) is 0 Å². The van der Waals surface area contributed by atoms with Gasteiger partial charge in [0.05, 0.1) is 20.6 Å². The summed E-state index contributed by atoms with van der Waals surface area (Å²) in [5.74, 6) is -0.934. The Hall–Kier alpha value is -3.37. The molecule has 0 saturated carbocycles. The first-order chi connectivity index (χ1) is 21.0. The van der Waals surface area contributed by atoms with E-state index >= 15 is 0 Å². The zero-order chi connectivity index (χ0) is 31.9. The van der Waals surface area contributed by atoms with Crippen LogP contribution in [0.2, 0.25) is 10.0 Å². The summed E-state index contributed by atoms with van der Waals surface area (Å²) in [5.41, 5.74) is 1.76. The van der Waals surface area contributed by atoms with Crippen molar-refractivity contribution in [3.63, 3.8) is 0 Å². The first-order valence-corrected chi connectivity index (χ1v) is 16.9. The predicted octanol–water partition coefficient (Wildman–Crippen LogP) is 7.12. The Bertz CT molecular complexity index is 1690. The first kappa shape index (κ1) is 33.5. The minimum Gasteiger partial charge on any atom is -0.352 e. The Morgan fingerprint density at radius 3 is 2.02 bits per heavy atom. The quantitative estimate of drug-likeness (QED) is 0.169. The highest BCUT2D eigenvalue weighted by Crippen LogP contribution is 2.28. The van der Waals surface area contributed by atoms with E-state index in [1.165, 1.54) is 17.0 Å². The maximum Gasteiger partial charge on any atom is 0.264 e. The molecule has 0 spiro atoms. The molecule has 0 aliphatic rings. The highest BCUT2D eigenvalue weighted by atomic mass is 79.9. The summed E-state index contributed by atoms with van der Waals surface area (Å²) in [5, 5.41) is 3.58. The van der Waals surface area contributed by atoms with E-state index in [1.807, 2.05) is 44.2 Å². The third kappa shape index (κ3) is 8.63. The van der Waals surface area contributed by atoms with Crippen LogP contribution in [0.3, 0.4) is 0 Å². The van der Waals surface area contributed by atoms with Gasteiger partial charge in [-0.05, 0) is 73.5 Å². The molecule has 0 aromatic heterocycles. The van der Waals surface area contributed by atoms with Crippen LogP contribution in [0.4, 0.5) is 5.69 Å². The molecule has 230 valence electrons. The van der Waals surface area contributed by atoms with E-state index in [0.29, 0.717) is 21.3 Å². The lowest BCUT2D eigenvalue weighted by Gasteiger charge is -2.34. The summed E-state index contributed by atoms with van der Waals surface area (Å²) < 4.78 is 29.8. The summed E-state index contributed by atoms with van der Waals surface area (Å²) in [7, 11) is -4.17. The van der Waals surface area contributed by atoms with Crippen molar-refractivity contribution in [2.45, 2.75) is 43.8 Å². The van der Waals surface area contributed by atoms with Crippen LogP contribution in [0.1, 0.15) is 25.0 Å². The summed E-state index contributed by atoms with van der Waals surface area (Å²) in [4.78, 5) is 29.6. The van der Waals surface area contributed by atoms with Crippen molar-refractivity contribution in [3.05, 3.63) is 129 Å². The minimum atomic E-state index is -4.17. The van der Waals surface area contributed by atoms with Gasteiger partial charge in [-0.3, -0.25) is 13.9 Å². The Morgan fingerprint density at radius 2 is 1.43 bits per heavy atom. The lowest BCUT2D eigenvalue weighted by Crippen LogP contribution is -2.54. The lowest BCUT2D eigenvalue weighted by molar-refractivity contribution is -0.140. The van der Waals surface area contributed by atoms with Gasteiger partial charge in [-0.25, -0.2) is 8.42 Å². The van der Waals surface area contributed by atoms with Crippen LogP contribution in [0.25, 0.3) is 0 Å². The second-order valence-corrected chi connectivity index (χ2v) is 14.0. The number of nitrogens with zero attached hydrogens (tertiary/aromatic N) is 2. The van der Waals surface area contributed by atoms with E-state index in [4.69, 9.17) is 23.2 Å². The summed E-state index contributed by atoms with van der Waals surface area (Å²) in [6, 6.07) is 27.7. The Kier molecular flexibility index (Phi) is 11.5. The smallest absolute Gasteiger partial charge is 0.264 e. The summed E-state index contributed by atoms with van der Waals surface area (Å²) in [6.45, 7) is 3.10. The van der Waals surface area contributed by atoms with Crippen molar-refractivity contribution in [1.29, 1.82) is 0 Å². The fourth-order valence-corrected chi connectivity index (χ4v) is 6.65. The van der Waals surface area contributed by atoms with E-state index in [1.54, 1.807) is 60.7 Å². The van der Waals surface area contributed by atoms with E-state index in [9.17, 15) is 18.0 Å². The van der Waals surface area contributed by atoms with Gasteiger partial charge in [0, 0.05) is 23.5 Å². The molecule has 0 radical (unpaired) electrons. The molecule has 0 bridgehead atoms. The topological polar surface area (TPSA) is 86.8 Å². The van der Waals surface area contributed by atoms with Crippen LogP contribution in [0, 0.1) is 0 Å². The molecule has 0 heterocycles. The third-order valence-corrected chi connectivity index (χ3v) is 9.82. The van der Waals surface area contributed by atoms with Gasteiger partial charge in [0.2, 0.25) is 11.8 Å². The molecule has 44 heavy (non-hydrogen) atoms. The van der Waals surface area contributed by atoms with E-state index in [0.717, 1.165) is 14.3 Å². The van der Waals surface area contributed by atoms with E-state index in [2.05, 4.69) is 21.2 Å². The number of benzene rings is 4. The largest absolute Gasteiger partial charge is 0.352 e. The molecule has 0 fully saturated rings. The molecular formula is C33H32BrCl2N3O4S. The molecule has 0 aliphatic heterocycles. The highest BCUT2D eigenvalue weighted by molar-refractivity contribution is 9.10. The molecule has 1 atom stereocenters. The van der Waals surface area contributed by atoms with Crippen LogP contribution in [0.15, 0.2) is 112 Å². The molecule has 4 aromatic rings. The summed E-state index contributed by atoms with van der Waals surface area (Å²) in [6.07, 6.45) is 0.205. The van der Waals surface area contributed by atoms with E-state index < -0.39 is 28.5 Å². The number of hydrogen-bond donors (Lipinski definition) is 1. The Balaban J connectivity index is 1.81. The molecular weight excluding hydrogens is 685 g/mol. The van der Waals surface area contributed by atoms with Crippen LogP contribution in [-0.4, -0.2) is 43.8 Å². The highest BCUT2D eigenvalue weighted by Gasteiger charge is 2.34. The number of anilines is 1. The molecule has 7 nitrogen and oxygen atoms in total. The monoisotopic (exact) mass is 715 g/mol. The normalized spacial score (nSPS) is 12.0. The number of carbonyl (C=O) groups excluding carboxylic acids is 2. The molecule has 4 aromatic carbocycles. The van der Waals surface area contributed by atoms with Gasteiger partial charge in [-0.2, -0.15) is 0 Å². The van der Waals surface area contributed by atoms with Crippen molar-refractivity contribution in [2.75, 3.05) is 10.8 Å². The number of hydrogen-bond acceptors (Lipinski definition) is 4. The molecule has 1 unspecified atom stereocenters. The van der Waals surface area contributed by atoms with Gasteiger partial charge in [-0.1, -0.05) is 93.7 Å². The van der Waals surface area contributed by atoms with Crippen LogP contribution >= 0.6 is 39.1 Å². The molecule has 2 amide bonds. The average molecular weight is 718 g/mol. The fourth-order valence-electron chi connectivity index (χ4n) is 4.63. The standard InChI is InChI=1S/C33H32BrCl2N3O4S/c1-23(2)37-33(41)31(20-24-9-5-3-6-10-24)38(21-25-13-18-29(35)30(36)19-25)32(40)22-39(27-16-14-26(34)15-17-27)44(42,43)28-11-7-4-8-12-28/h3-19,23,31H,20-22H2,1-2H3,(H,37,41). The van der Waals surface area contributed by atoms with E-state index in [-0.39, 0.29) is 29.8 Å². The zero-order valence-electron chi connectivity index (χ0n) is 24.2. The van der Waals surface area contributed by atoms with Crippen molar-refractivity contribution in [3.8, 4) is 0 Å². The number of nitrogens with one attached hydrogen (secondary N) is 1. The van der Waals surface area contributed by atoms with Crippen LogP contribution in [-0.2, 0) is 32.6 Å². The van der Waals surface area contributed by atoms with Gasteiger partial charge < -0.3 is 10.2 Å². The number of sulfonamides is 1. The van der Waals surface area contributed by atoms with Gasteiger partial charge in [0.25, 0.3) is 10.0 Å². The Labute approximate surface area is 277 Å². The van der Waals surface area contributed by atoms with Gasteiger partial charge in [0.15, 0.2) is 0 Å². The minimum absolute atomic E-state index is 0.0156. The first-order valence-electron chi connectivity index (χ1n) is 13.9. The Morgan fingerprint density at radius 1 is 0.818 bits per heavy atom. The van der Waals surface area contributed by atoms with Crippen molar-refractivity contribution in [1.82, 2.24) is 10.2 Å². The number of carbonyl (C=O) groups is 2. The molecule has 4 rings (SSSR count). The number of halogens is 3. The lowest BCUT2D eigenvalue weighted by atomic mass is 10.0. The second kappa shape index (κ2) is 15.1. The van der Waals surface area contributed by atoms with Crippen molar-refractivity contribution < 1.29 is 18.0 Å².